The maximum absolute atomic E-state index is 13.1. The van der Waals surface area contributed by atoms with Crippen LogP contribution in [-0.4, -0.2) is 53.2 Å². The number of hydrogen-bond acceptors (Lipinski definition) is 4. The van der Waals surface area contributed by atoms with E-state index in [1.807, 2.05) is 0 Å². The number of halogens is 1. The number of rotatable bonds is 7. The third-order valence-electron chi connectivity index (χ3n) is 3.99. The van der Waals surface area contributed by atoms with Gasteiger partial charge in [-0.1, -0.05) is 6.07 Å². The maximum atomic E-state index is 13.1. The molecule has 1 aromatic carbocycles. The molecule has 1 fully saturated rings. The van der Waals surface area contributed by atoms with E-state index in [1.54, 1.807) is 7.11 Å². The molecule has 0 unspecified atom stereocenters. The molecule has 124 valence electrons. The number of likely N-dealkylation sites (tertiary alicyclic amines) is 1. The van der Waals surface area contributed by atoms with Gasteiger partial charge in [-0.05, 0) is 50.0 Å². The van der Waals surface area contributed by atoms with Crippen LogP contribution in [-0.2, 0) is 14.8 Å². The Hall–Kier alpha value is -1.02. The minimum absolute atomic E-state index is 0.0231. The van der Waals surface area contributed by atoms with Crippen molar-refractivity contribution in [3.8, 4) is 0 Å². The smallest absolute Gasteiger partial charge is 0.240 e. The molecule has 0 aliphatic carbocycles. The summed E-state index contributed by atoms with van der Waals surface area (Å²) < 4.78 is 45.0. The fraction of sp³-hybridized carbons (Fsp3) is 0.600. The summed E-state index contributed by atoms with van der Waals surface area (Å²) >= 11 is 0. The predicted octanol–water partition coefficient (Wildman–Crippen LogP) is 1.46. The van der Waals surface area contributed by atoms with Crippen molar-refractivity contribution in [3.63, 3.8) is 0 Å². The molecule has 1 saturated heterocycles. The van der Waals surface area contributed by atoms with Crippen molar-refractivity contribution in [2.45, 2.75) is 17.7 Å². The van der Waals surface area contributed by atoms with Gasteiger partial charge in [-0.2, -0.15) is 0 Å². The second-order valence-corrected chi connectivity index (χ2v) is 7.35. The zero-order chi connectivity index (χ0) is 16.0. The first-order valence-electron chi connectivity index (χ1n) is 7.48. The summed E-state index contributed by atoms with van der Waals surface area (Å²) in [6.07, 6.45) is 1.91. The summed E-state index contributed by atoms with van der Waals surface area (Å²) in [5, 5.41) is 0. The van der Waals surface area contributed by atoms with Gasteiger partial charge in [0.25, 0.3) is 0 Å². The first-order valence-corrected chi connectivity index (χ1v) is 8.96. The number of methoxy groups -OCH3 is 1. The molecular weight excluding hydrogens is 307 g/mol. The molecule has 1 heterocycles. The van der Waals surface area contributed by atoms with E-state index in [0.717, 1.165) is 45.1 Å². The number of nitrogens with zero attached hydrogens (tertiary/aromatic N) is 1. The molecule has 0 saturated carbocycles. The Balaban J connectivity index is 1.81. The number of hydrogen-bond donors (Lipinski definition) is 1. The SMILES string of the molecule is COCCN1CCC(CNS(=O)(=O)c2cccc(F)c2)CC1. The first-order chi connectivity index (χ1) is 10.5. The predicted molar refractivity (Wildman–Crippen MR) is 82.6 cm³/mol. The lowest BCUT2D eigenvalue weighted by atomic mass is 9.97. The molecule has 1 aromatic rings. The fourth-order valence-electron chi connectivity index (χ4n) is 2.58. The lowest BCUT2D eigenvalue weighted by Gasteiger charge is -2.31. The summed E-state index contributed by atoms with van der Waals surface area (Å²) in [5.74, 6) is -0.226. The normalized spacial score (nSPS) is 17.7. The molecule has 0 atom stereocenters. The largest absolute Gasteiger partial charge is 0.383 e. The molecule has 1 aliphatic heterocycles. The number of benzene rings is 1. The monoisotopic (exact) mass is 330 g/mol. The topological polar surface area (TPSA) is 58.6 Å². The number of sulfonamides is 1. The third-order valence-corrected chi connectivity index (χ3v) is 5.41. The summed E-state index contributed by atoms with van der Waals surface area (Å²) in [5.41, 5.74) is 0. The summed E-state index contributed by atoms with van der Waals surface area (Å²) in [6, 6.07) is 5.07. The highest BCUT2D eigenvalue weighted by Crippen LogP contribution is 2.17. The third kappa shape index (κ3) is 5.01. The highest BCUT2D eigenvalue weighted by Gasteiger charge is 2.21. The average Bonchev–Trinajstić information content (AvgIpc) is 2.52. The van der Waals surface area contributed by atoms with E-state index in [4.69, 9.17) is 4.74 Å². The van der Waals surface area contributed by atoms with Crippen LogP contribution in [0.2, 0.25) is 0 Å². The molecule has 2 rings (SSSR count). The molecular formula is C15H23FN2O3S. The van der Waals surface area contributed by atoms with Crippen LogP contribution in [0.4, 0.5) is 4.39 Å². The molecule has 0 spiro atoms. The highest BCUT2D eigenvalue weighted by atomic mass is 32.2. The fourth-order valence-corrected chi connectivity index (χ4v) is 3.73. The zero-order valence-corrected chi connectivity index (χ0v) is 13.6. The molecule has 1 aliphatic rings. The van der Waals surface area contributed by atoms with Crippen LogP contribution in [0.25, 0.3) is 0 Å². The summed E-state index contributed by atoms with van der Waals surface area (Å²) in [4.78, 5) is 2.30. The quantitative estimate of drug-likeness (QED) is 0.822. The molecule has 0 bridgehead atoms. The van der Waals surface area contributed by atoms with Gasteiger partial charge in [0.05, 0.1) is 11.5 Å². The van der Waals surface area contributed by atoms with Crippen LogP contribution in [0.5, 0.6) is 0 Å². The van der Waals surface area contributed by atoms with Crippen molar-refractivity contribution in [1.82, 2.24) is 9.62 Å². The van der Waals surface area contributed by atoms with Gasteiger partial charge in [0.15, 0.2) is 0 Å². The van der Waals surface area contributed by atoms with Gasteiger partial charge in [0.1, 0.15) is 5.82 Å². The summed E-state index contributed by atoms with van der Waals surface area (Å²) in [6.45, 7) is 3.94. The molecule has 1 N–H and O–H groups in total. The zero-order valence-electron chi connectivity index (χ0n) is 12.8. The average molecular weight is 330 g/mol. The van der Waals surface area contributed by atoms with Gasteiger partial charge < -0.3 is 9.64 Å². The van der Waals surface area contributed by atoms with E-state index < -0.39 is 15.8 Å². The van der Waals surface area contributed by atoms with E-state index in [1.165, 1.54) is 18.2 Å². The minimum atomic E-state index is -3.63. The van der Waals surface area contributed by atoms with Gasteiger partial charge in [-0.3, -0.25) is 0 Å². The van der Waals surface area contributed by atoms with Gasteiger partial charge in [-0.15, -0.1) is 0 Å². The van der Waals surface area contributed by atoms with Gasteiger partial charge in [0.2, 0.25) is 10.0 Å². The van der Waals surface area contributed by atoms with Crippen LogP contribution >= 0.6 is 0 Å². The van der Waals surface area contributed by atoms with Crippen molar-refractivity contribution in [2.75, 3.05) is 39.9 Å². The Kier molecular flexibility index (Phi) is 6.31. The minimum Gasteiger partial charge on any atom is -0.383 e. The van der Waals surface area contributed by atoms with Crippen LogP contribution < -0.4 is 4.72 Å². The van der Waals surface area contributed by atoms with Crippen LogP contribution in [0.1, 0.15) is 12.8 Å². The van der Waals surface area contributed by atoms with Gasteiger partial charge >= 0.3 is 0 Å². The summed E-state index contributed by atoms with van der Waals surface area (Å²) in [7, 11) is -1.95. The van der Waals surface area contributed by atoms with E-state index in [9.17, 15) is 12.8 Å². The standard InChI is InChI=1S/C15H23FN2O3S/c1-21-10-9-18-7-5-13(6-8-18)12-17-22(19,20)15-4-2-3-14(16)11-15/h2-4,11,13,17H,5-10,12H2,1H3. The number of piperidine rings is 1. The van der Waals surface area contributed by atoms with Crippen molar-refractivity contribution in [2.24, 2.45) is 5.92 Å². The van der Waals surface area contributed by atoms with Crippen molar-refractivity contribution < 1.29 is 17.5 Å². The van der Waals surface area contributed by atoms with Crippen LogP contribution in [0, 0.1) is 11.7 Å². The van der Waals surface area contributed by atoms with E-state index in [0.29, 0.717) is 12.5 Å². The van der Waals surface area contributed by atoms with E-state index in [2.05, 4.69) is 9.62 Å². The second kappa shape index (κ2) is 8.01. The van der Waals surface area contributed by atoms with Gasteiger partial charge in [-0.25, -0.2) is 17.5 Å². The Morgan fingerprint density at radius 1 is 1.36 bits per heavy atom. The highest BCUT2D eigenvalue weighted by molar-refractivity contribution is 7.89. The number of ether oxygens (including phenoxy) is 1. The maximum Gasteiger partial charge on any atom is 0.240 e. The Morgan fingerprint density at radius 2 is 2.09 bits per heavy atom. The van der Waals surface area contributed by atoms with E-state index >= 15 is 0 Å². The van der Waals surface area contributed by atoms with Gasteiger partial charge in [0, 0.05) is 20.2 Å². The first kappa shape index (κ1) is 17.3. The van der Waals surface area contributed by atoms with E-state index in [-0.39, 0.29) is 4.90 Å². The lowest BCUT2D eigenvalue weighted by Crippen LogP contribution is -2.39. The molecule has 0 radical (unpaired) electrons. The second-order valence-electron chi connectivity index (χ2n) is 5.59. The molecule has 5 nitrogen and oxygen atoms in total. The lowest BCUT2D eigenvalue weighted by molar-refractivity contribution is 0.121. The molecule has 7 heteroatoms. The van der Waals surface area contributed by atoms with Crippen LogP contribution in [0.3, 0.4) is 0 Å². The van der Waals surface area contributed by atoms with Crippen molar-refractivity contribution >= 4 is 10.0 Å². The van der Waals surface area contributed by atoms with Crippen molar-refractivity contribution in [3.05, 3.63) is 30.1 Å². The Bertz CT molecular complexity index is 572. The number of nitrogens with one attached hydrogen (secondary N) is 1. The molecule has 0 aromatic heterocycles. The van der Waals surface area contributed by atoms with Crippen LogP contribution in [0.15, 0.2) is 29.2 Å². The molecule has 0 amide bonds. The molecule has 22 heavy (non-hydrogen) atoms. The Labute approximate surface area is 131 Å². The van der Waals surface area contributed by atoms with Crippen molar-refractivity contribution in [1.29, 1.82) is 0 Å². The Morgan fingerprint density at radius 3 is 2.73 bits per heavy atom.